The highest BCUT2D eigenvalue weighted by Crippen LogP contribution is 2.44. The fourth-order valence-electron chi connectivity index (χ4n) is 6.92. The fourth-order valence-corrected chi connectivity index (χ4v) is 6.92. The van der Waals surface area contributed by atoms with Crippen LogP contribution < -0.4 is 16.0 Å². The van der Waals surface area contributed by atoms with Crippen molar-refractivity contribution in [3.8, 4) is 11.1 Å². The Morgan fingerprint density at radius 2 is 1.17 bits per heavy atom. The number of carbonyl (C=O) groups is 4. The van der Waals surface area contributed by atoms with Crippen LogP contribution in [0.3, 0.4) is 0 Å². The summed E-state index contributed by atoms with van der Waals surface area (Å²) in [5.41, 5.74) is 5.47. The van der Waals surface area contributed by atoms with Gasteiger partial charge in [0.25, 0.3) is 0 Å². The summed E-state index contributed by atoms with van der Waals surface area (Å²) in [6, 6.07) is 43.3. The molecule has 0 heterocycles. The van der Waals surface area contributed by atoms with E-state index in [4.69, 9.17) is 9.84 Å². The number of carboxylic acid groups (broad SMARTS) is 1. The molecule has 10 heteroatoms. The topological polar surface area (TPSA) is 137 Å². The first-order valence-corrected chi connectivity index (χ1v) is 17.1. The van der Waals surface area contributed by atoms with E-state index in [9.17, 15) is 19.2 Å². The van der Waals surface area contributed by atoms with E-state index in [1.165, 1.54) is 11.9 Å². The van der Waals surface area contributed by atoms with Crippen LogP contribution in [0.15, 0.2) is 140 Å². The summed E-state index contributed by atoms with van der Waals surface area (Å²) in [5, 5.41) is 17.2. The number of benzene rings is 5. The molecule has 0 saturated carbocycles. The van der Waals surface area contributed by atoms with Crippen LogP contribution in [0.4, 0.5) is 9.59 Å². The first-order valence-electron chi connectivity index (χ1n) is 17.1. The number of hydrogen-bond donors (Lipinski definition) is 4. The maximum absolute atomic E-state index is 14.3. The van der Waals surface area contributed by atoms with Gasteiger partial charge < -0.3 is 30.7 Å². The van der Waals surface area contributed by atoms with E-state index in [0.29, 0.717) is 0 Å². The first-order chi connectivity index (χ1) is 25.3. The van der Waals surface area contributed by atoms with Crippen LogP contribution in [0.1, 0.15) is 40.2 Å². The first kappa shape index (κ1) is 35.4. The summed E-state index contributed by atoms with van der Waals surface area (Å²) in [7, 11) is 1.48. The molecule has 0 radical (unpaired) electrons. The lowest BCUT2D eigenvalue weighted by atomic mass is 9.77. The monoisotopic (exact) mass is 696 g/mol. The van der Waals surface area contributed by atoms with Gasteiger partial charge in [0.05, 0.1) is 6.42 Å². The average Bonchev–Trinajstić information content (AvgIpc) is 3.50. The Kier molecular flexibility index (Phi) is 10.9. The van der Waals surface area contributed by atoms with E-state index < -0.39 is 42.0 Å². The second kappa shape index (κ2) is 16.1. The van der Waals surface area contributed by atoms with Gasteiger partial charge >= 0.3 is 12.2 Å². The molecule has 0 fully saturated rings. The number of likely N-dealkylation sites (N-methyl/N-ethyl adjacent to an activating group) is 1. The molecule has 264 valence electrons. The molecule has 0 unspecified atom stereocenters. The van der Waals surface area contributed by atoms with Crippen LogP contribution >= 0.6 is 0 Å². The van der Waals surface area contributed by atoms with Crippen molar-refractivity contribution in [1.82, 2.24) is 20.9 Å². The van der Waals surface area contributed by atoms with E-state index in [0.717, 1.165) is 38.9 Å². The van der Waals surface area contributed by atoms with Gasteiger partial charge in [-0.1, -0.05) is 140 Å². The van der Waals surface area contributed by atoms with Gasteiger partial charge in [0.2, 0.25) is 11.8 Å². The molecule has 6 rings (SSSR count). The Labute approximate surface area is 302 Å². The van der Waals surface area contributed by atoms with Gasteiger partial charge in [-0.05, 0) is 38.9 Å². The molecule has 52 heavy (non-hydrogen) atoms. The Bertz CT molecular complexity index is 1880. The lowest BCUT2D eigenvalue weighted by Crippen LogP contribution is -2.53. The molecule has 1 atom stereocenters. The number of hydrogen-bond acceptors (Lipinski definition) is 5. The lowest BCUT2D eigenvalue weighted by molar-refractivity contribution is -0.135. The number of amides is 4. The molecule has 4 N–H and O–H groups in total. The molecule has 0 saturated heterocycles. The predicted molar refractivity (Wildman–Crippen MR) is 198 cm³/mol. The minimum atomic E-state index is -1.33. The van der Waals surface area contributed by atoms with Crippen molar-refractivity contribution in [3.63, 3.8) is 0 Å². The molecular weight excluding hydrogens is 656 g/mol. The largest absolute Gasteiger partial charge is 0.465 e. The van der Waals surface area contributed by atoms with Crippen molar-refractivity contribution < 1.29 is 29.0 Å². The number of ether oxygens (including phenoxy) is 1. The number of nitrogens with one attached hydrogen (secondary N) is 3. The third-order valence-electron chi connectivity index (χ3n) is 9.37. The maximum atomic E-state index is 14.3. The number of fused-ring (bicyclic) bond motifs is 3. The van der Waals surface area contributed by atoms with Gasteiger partial charge in [-0.3, -0.25) is 9.59 Å². The average molecular weight is 697 g/mol. The normalized spacial score (nSPS) is 12.5. The van der Waals surface area contributed by atoms with Crippen molar-refractivity contribution in [3.05, 3.63) is 167 Å². The van der Waals surface area contributed by atoms with Crippen molar-refractivity contribution in [2.45, 2.75) is 23.9 Å². The summed E-state index contributed by atoms with van der Waals surface area (Å²) >= 11 is 0. The second-order valence-corrected chi connectivity index (χ2v) is 12.6. The standard InChI is InChI=1S/C42H40N4O6/c1-46(26-25-43-40(49)50)39(48)37(44-41(51)52-28-36-34-23-13-11-21-32(34)33-22-12-14-24-35(33)36)27-38(47)45-42(29-15-5-2-6-16-29,30-17-7-3-8-18-30)31-19-9-4-10-20-31/h2-24,36-37,43H,25-28H2,1H3,(H,44,51)(H,45,47)(H,49,50)/t37-/m1/s1. The number of carbonyl (C=O) groups excluding carboxylic acids is 3. The zero-order valence-corrected chi connectivity index (χ0v) is 28.7. The van der Waals surface area contributed by atoms with Crippen LogP contribution in [-0.2, 0) is 19.9 Å². The van der Waals surface area contributed by atoms with Crippen LogP contribution in [-0.4, -0.2) is 66.8 Å². The third-order valence-corrected chi connectivity index (χ3v) is 9.37. The van der Waals surface area contributed by atoms with Crippen molar-refractivity contribution >= 4 is 24.0 Å². The summed E-state index contributed by atoms with van der Waals surface area (Å²) in [5.74, 6) is -1.30. The molecule has 4 amide bonds. The zero-order valence-electron chi connectivity index (χ0n) is 28.7. The summed E-state index contributed by atoms with van der Waals surface area (Å²) in [6.07, 6.45) is -2.51. The van der Waals surface area contributed by atoms with Crippen LogP contribution in [0.2, 0.25) is 0 Å². The van der Waals surface area contributed by atoms with E-state index in [2.05, 4.69) is 16.0 Å². The molecule has 0 bridgehead atoms. The van der Waals surface area contributed by atoms with Gasteiger partial charge in [-0.2, -0.15) is 0 Å². The number of rotatable bonds is 13. The van der Waals surface area contributed by atoms with Crippen LogP contribution in [0, 0.1) is 0 Å². The molecule has 1 aliphatic carbocycles. The van der Waals surface area contributed by atoms with Gasteiger partial charge in [0.1, 0.15) is 18.2 Å². The number of nitrogens with zero attached hydrogens (tertiary/aromatic N) is 1. The molecule has 5 aromatic carbocycles. The molecule has 5 aromatic rings. The highest BCUT2D eigenvalue weighted by Gasteiger charge is 2.39. The summed E-state index contributed by atoms with van der Waals surface area (Å²) in [6.45, 7) is -0.0113. The third kappa shape index (κ3) is 7.66. The number of alkyl carbamates (subject to hydrolysis) is 1. The predicted octanol–water partition coefficient (Wildman–Crippen LogP) is 6.12. The van der Waals surface area contributed by atoms with Gasteiger partial charge in [0.15, 0.2) is 0 Å². The Morgan fingerprint density at radius 3 is 1.65 bits per heavy atom. The second-order valence-electron chi connectivity index (χ2n) is 12.6. The quantitative estimate of drug-likeness (QED) is 0.110. The summed E-state index contributed by atoms with van der Waals surface area (Å²) in [4.78, 5) is 53.9. The highest BCUT2D eigenvalue weighted by molar-refractivity contribution is 5.91. The van der Waals surface area contributed by atoms with Crippen molar-refractivity contribution in [2.24, 2.45) is 0 Å². The maximum Gasteiger partial charge on any atom is 0.407 e. The molecular formula is C42H40N4O6. The summed E-state index contributed by atoms with van der Waals surface area (Å²) < 4.78 is 5.76. The molecule has 0 aromatic heterocycles. The van der Waals surface area contributed by atoms with Gasteiger partial charge in [-0.15, -0.1) is 0 Å². The zero-order chi connectivity index (χ0) is 36.5. The molecule has 1 aliphatic rings. The molecule has 0 spiro atoms. The van der Waals surface area contributed by atoms with Gasteiger partial charge in [-0.25, -0.2) is 9.59 Å². The molecule has 0 aliphatic heterocycles. The van der Waals surface area contributed by atoms with Crippen LogP contribution in [0.5, 0.6) is 0 Å². The minimum absolute atomic E-state index is 0.0115. The Balaban J connectivity index is 1.26. The Morgan fingerprint density at radius 1 is 0.712 bits per heavy atom. The van der Waals surface area contributed by atoms with E-state index >= 15 is 0 Å². The van der Waals surface area contributed by atoms with E-state index in [-0.39, 0.29) is 25.6 Å². The minimum Gasteiger partial charge on any atom is -0.465 e. The van der Waals surface area contributed by atoms with Crippen molar-refractivity contribution in [1.29, 1.82) is 0 Å². The SMILES string of the molecule is CN(CCNC(=O)O)C(=O)[C@@H](CC(=O)NC(c1ccccc1)(c1ccccc1)c1ccccc1)NC(=O)OCC1c2ccccc2-c2ccccc21. The Hall–Kier alpha value is -6.42. The van der Waals surface area contributed by atoms with Gasteiger partial charge in [0, 0.05) is 26.1 Å². The fraction of sp³-hybridized carbons (Fsp3) is 0.190. The van der Waals surface area contributed by atoms with E-state index in [1.54, 1.807) is 0 Å². The van der Waals surface area contributed by atoms with E-state index in [1.807, 2.05) is 140 Å². The molecule has 10 nitrogen and oxygen atoms in total. The smallest absolute Gasteiger partial charge is 0.407 e. The lowest BCUT2D eigenvalue weighted by Gasteiger charge is -2.37. The highest BCUT2D eigenvalue weighted by atomic mass is 16.5. The van der Waals surface area contributed by atoms with Crippen LogP contribution in [0.25, 0.3) is 11.1 Å². The van der Waals surface area contributed by atoms with Crippen molar-refractivity contribution in [2.75, 3.05) is 26.7 Å².